The first-order chi connectivity index (χ1) is 11.1. The minimum Gasteiger partial charge on any atom is -0.346 e. The van der Waals surface area contributed by atoms with Gasteiger partial charge in [0.15, 0.2) is 5.13 Å². The summed E-state index contributed by atoms with van der Waals surface area (Å²) in [6, 6.07) is 6.21. The fraction of sp³-hybridized carbons (Fsp3) is 0.375. The van der Waals surface area contributed by atoms with Crippen molar-refractivity contribution in [3.8, 4) is 0 Å². The van der Waals surface area contributed by atoms with Crippen LogP contribution in [0, 0.1) is 12.7 Å². The summed E-state index contributed by atoms with van der Waals surface area (Å²) in [7, 11) is 0. The van der Waals surface area contributed by atoms with E-state index in [1.807, 2.05) is 13.1 Å². The lowest BCUT2D eigenvalue weighted by molar-refractivity contribution is -0.117. The summed E-state index contributed by atoms with van der Waals surface area (Å²) in [6.07, 6.45) is 1.88. The van der Waals surface area contributed by atoms with Crippen molar-refractivity contribution in [3.05, 3.63) is 41.2 Å². The van der Waals surface area contributed by atoms with E-state index >= 15 is 0 Å². The molecule has 0 radical (unpaired) electrons. The number of para-hydroxylation sites is 1. The molecule has 1 amide bonds. The van der Waals surface area contributed by atoms with Crippen LogP contribution in [0.5, 0.6) is 0 Å². The molecular weight excluding hydrogens is 315 g/mol. The van der Waals surface area contributed by atoms with Gasteiger partial charge in [-0.25, -0.2) is 9.37 Å². The molecule has 1 aromatic carbocycles. The number of rotatable bonds is 4. The van der Waals surface area contributed by atoms with E-state index in [0.29, 0.717) is 0 Å². The van der Waals surface area contributed by atoms with Gasteiger partial charge in [-0.05, 0) is 19.1 Å². The van der Waals surface area contributed by atoms with E-state index in [4.69, 9.17) is 0 Å². The number of amides is 1. The highest BCUT2D eigenvalue weighted by atomic mass is 32.1. The highest BCUT2D eigenvalue weighted by Crippen LogP contribution is 2.22. The molecule has 1 aliphatic rings. The fourth-order valence-electron chi connectivity index (χ4n) is 2.54. The van der Waals surface area contributed by atoms with Crippen LogP contribution in [0.25, 0.3) is 0 Å². The number of nitrogens with zero attached hydrogens (tertiary/aromatic N) is 3. The molecule has 1 saturated heterocycles. The number of carbonyl (C=O) groups is 1. The van der Waals surface area contributed by atoms with Gasteiger partial charge in [-0.15, -0.1) is 11.3 Å². The quantitative estimate of drug-likeness (QED) is 0.932. The zero-order valence-corrected chi connectivity index (χ0v) is 13.8. The highest BCUT2D eigenvalue weighted by Gasteiger charge is 2.21. The van der Waals surface area contributed by atoms with Gasteiger partial charge in [0.2, 0.25) is 5.91 Å². The highest BCUT2D eigenvalue weighted by molar-refractivity contribution is 7.15. The molecule has 1 aliphatic heterocycles. The lowest BCUT2D eigenvalue weighted by Gasteiger charge is -2.34. The Bertz CT molecular complexity index is 682. The summed E-state index contributed by atoms with van der Waals surface area (Å²) >= 11 is 1.69. The van der Waals surface area contributed by atoms with Gasteiger partial charge in [0.25, 0.3) is 0 Å². The first-order valence-electron chi connectivity index (χ1n) is 7.56. The SMILES string of the molecule is Cc1cnc(N2CCN(CC(=O)Nc3ccccc3F)CC2)s1. The van der Waals surface area contributed by atoms with Crippen molar-refractivity contribution in [2.75, 3.05) is 42.9 Å². The Balaban J connectivity index is 1.49. The van der Waals surface area contributed by atoms with Crippen LogP contribution in [0.3, 0.4) is 0 Å². The van der Waals surface area contributed by atoms with Crippen molar-refractivity contribution in [2.45, 2.75) is 6.92 Å². The van der Waals surface area contributed by atoms with E-state index in [1.165, 1.54) is 10.9 Å². The maximum absolute atomic E-state index is 13.5. The van der Waals surface area contributed by atoms with Crippen LogP contribution >= 0.6 is 11.3 Å². The van der Waals surface area contributed by atoms with E-state index in [-0.39, 0.29) is 18.1 Å². The zero-order valence-electron chi connectivity index (χ0n) is 13.0. The zero-order chi connectivity index (χ0) is 16.2. The first kappa shape index (κ1) is 15.9. The van der Waals surface area contributed by atoms with E-state index in [0.717, 1.165) is 31.3 Å². The van der Waals surface area contributed by atoms with Gasteiger partial charge < -0.3 is 10.2 Å². The van der Waals surface area contributed by atoms with Crippen LogP contribution in [-0.2, 0) is 4.79 Å². The van der Waals surface area contributed by atoms with Gasteiger partial charge in [-0.3, -0.25) is 9.69 Å². The summed E-state index contributed by atoms with van der Waals surface area (Å²) < 4.78 is 13.5. The second-order valence-electron chi connectivity index (χ2n) is 5.54. The molecule has 23 heavy (non-hydrogen) atoms. The number of halogens is 1. The maximum atomic E-state index is 13.5. The molecule has 0 saturated carbocycles. The monoisotopic (exact) mass is 334 g/mol. The lowest BCUT2D eigenvalue weighted by atomic mass is 10.3. The minimum absolute atomic E-state index is 0.186. The molecule has 5 nitrogen and oxygen atoms in total. The van der Waals surface area contributed by atoms with E-state index in [1.54, 1.807) is 29.5 Å². The number of hydrogen-bond donors (Lipinski definition) is 1. The van der Waals surface area contributed by atoms with Crippen LogP contribution in [0.2, 0.25) is 0 Å². The predicted molar refractivity (Wildman–Crippen MR) is 90.5 cm³/mol. The standard InChI is InChI=1S/C16H19FN4OS/c1-12-10-18-16(23-12)21-8-6-20(7-9-21)11-15(22)19-14-5-3-2-4-13(14)17/h2-5,10H,6-9,11H2,1H3,(H,19,22). The Hall–Kier alpha value is -1.99. The Morgan fingerprint density at radius 3 is 2.70 bits per heavy atom. The average molecular weight is 334 g/mol. The summed E-state index contributed by atoms with van der Waals surface area (Å²) in [5, 5.41) is 3.66. The maximum Gasteiger partial charge on any atom is 0.238 e. The van der Waals surface area contributed by atoms with E-state index < -0.39 is 5.82 Å². The van der Waals surface area contributed by atoms with Crippen molar-refractivity contribution in [2.24, 2.45) is 0 Å². The second kappa shape index (κ2) is 7.06. The van der Waals surface area contributed by atoms with Crippen molar-refractivity contribution in [1.82, 2.24) is 9.88 Å². The number of nitrogens with one attached hydrogen (secondary N) is 1. The van der Waals surface area contributed by atoms with E-state index in [9.17, 15) is 9.18 Å². The molecule has 2 heterocycles. The number of aryl methyl sites for hydroxylation is 1. The summed E-state index contributed by atoms with van der Waals surface area (Å²) in [5.74, 6) is -0.599. The third-order valence-electron chi connectivity index (χ3n) is 3.77. The van der Waals surface area contributed by atoms with Crippen LogP contribution in [0.4, 0.5) is 15.2 Å². The molecule has 1 N–H and O–H groups in total. The Labute approximate surface area is 138 Å². The van der Waals surface area contributed by atoms with Crippen molar-refractivity contribution in [3.63, 3.8) is 0 Å². The summed E-state index contributed by atoms with van der Waals surface area (Å²) in [4.78, 5) is 22.0. The van der Waals surface area contributed by atoms with Gasteiger partial charge in [-0.2, -0.15) is 0 Å². The molecule has 0 bridgehead atoms. The van der Waals surface area contributed by atoms with Crippen LogP contribution in [0.15, 0.2) is 30.5 Å². The average Bonchev–Trinajstić information content (AvgIpc) is 2.97. The molecule has 0 spiro atoms. The van der Waals surface area contributed by atoms with Gasteiger partial charge in [0.1, 0.15) is 5.82 Å². The molecule has 0 aliphatic carbocycles. The number of anilines is 2. The molecule has 1 aromatic heterocycles. The number of thiazole rings is 1. The Morgan fingerprint density at radius 1 is 1.30 bits per heavy atom. The molecule has 0 atom stereocenters. The van der Waals surface area contributed by atoms with Gasteiger partial charge >= 0.3 is 0 Å². The van der Waals surface area contributed by atoms with Gasteiger partial charge in [0.05, 0.1) is 12.2 Å². The van der Waals surface area contributed by atoms with Crippen molar-refractivity contribution in [1.29, 1.82) is 0 Å². The van der Waals surface area contributed by atoms with Gasteiger partial charge in [-0.1, -0.05) is 12.1 Å². The third kappa shape index (κ3) is 4.05. The molecule has 3 rings (SSSR count). The van der Waals surface area contributed by atoms with Crippen LogP contribution < -0.4 is 10.2 Å². The van der Waals surface area contributed by atoms with Crippen LogP contribution in [0.1, 0.15) is 4.88 Å². The largest absolute Gasteiger partial charge is 0.346 e. The molecule has 2 aromatic rings. The number of carbonyl (C=O) groups excluding carboxylic acids is 1. The van der Waals surface area contributed by atoms with Gasteiger partial charge in [0, 0.05) is 37.3 Å². The lowest BCUT2D eigenvalue weighted by Crippen LogP contribution is -2.48. The van der Waals surface area contributed by atoms with Crippen LogP contribution in [-0.4, -0.2) is 48.5 Å². The third-order valence-corrected chi connectivity index (χ3v) is 4.74. The molecule has 7 heteroatoms. The molecule has 1 fully saturated rings. The van der Waals surface area contributed by atoms with Crippen molar-refractivity contribution >= 4 is 28.1 Å². The summed E-state index contributed by atoms with van der Waals surface area (Å²) in [5.41, 5.74) is 0.231. The minimum atomic E-state index is -0.412. The fourth-order valence-corrected chi connectivity index (χ4v) is 3.35. The summed E-state index contributed by atoms with van der Waals surface area (Å²) in [6.45, 7) is 5.61. The number of benzene rings is 1. The number of aromatic nitrogens is 1. The Morgan fingerprint density at radius 2 is 2.04 bits per heavy atom. The number of piperazine rings is 1. The number of hydrogen-bond acceptors (Lipinski definition) is 5. The smallest absolute Gasteiger partial charge is 0.238 e. The van der Waals surface area contributed by atoms with Crippen molar-refractivity contribution < 1.29 is 9.18 Å². The van der Waals surface area contributed by atoms with E-state index in [2.05, 4.69) is 20.1 Å². The second-order valence-corrected chi connectivity index (χ2v) is 6.76. The molecule has 0 unspecified atom stereocenters. The Kier molecular flexibility index (Phi) is 4.88. The normalized spacial score (nSPS) is 15.7. The topological polar surface area (TPSA) is 48.5 Å². The molecular formula is C16H19FN4OS. The predicted octanol–water partition coefficient (Wildman–Crippen LogP) is 2.35. The molecule has 122 valence electrons. The first-order valence-corrected chi connectivity index (χ1v) is 8.37.